The van der Waals surface area contributed by atoms with Gasteiger partial charge in [-0.25, -0.2) is 8.42 Å². The topological polar surface area (TPSA) is 66.4 Å². The smallest absolute Gasteiger partial charge is 0.150 e. The van der Waals surface area contributed by atoms with Crippen LogP contribution in [0.15, 0.2) is 0 Å². The summed E-state index contributed by atoms with van der Waals surface area (Å²) >= 11 is 0. The van der Waals surface area contributed by atoms with E-state index in [0.29, 0.717) is 25.3 Å². The zero-order valence-electron chi connectivity index (χ0n) is 7.49. The number of nitrogens with one attached hydrogen (secondary N) is 1. The van der Waals surface area contributed by atoms with Crippen LogP contribution in [-0.4, -0.2) is 43.7 Å². The molecule has 2 rings (SSSR count). The molecule has 2 aliphatic rings. The monoisotopic (exact) mass is 205 g/mol. The van der Waals surface area contributed by atoms with Gasteiger partial charge in [0.15, 0.2) is 9.84 Å². The molecule has 2 fully saturated rings. The molecule has 0 bridgehead atoms. The molecule has 0 amide bonds. The molecule has 0 spiro atoms. The minimum atomic E-state index is -2.78. The average Bonchev–Trinajstić information content (AvgIpc) is 2.27. The summed E-state index contributed by atoms with van der Waals surface area (Å²) in [6.07, 6.45) is 1.36. The fraction of sp³-hybridized carbons (Fsp3) is 1.00. The van der Waals surface area contributed by atoms with Gasteiger partial charge in [-0.3, -0.25) is 0 Å². The van der Waals surface area contributed by atoms with Crippen molar-refractivity contribution in [1.82, 2.24) is 5.32 Å². The standard InChI is InChI=1S/C8H15NO3S/c10-8(5-9-6-8)3-7-1-2-13(11,12)4-7/h7,9-10H,1-6H2. The van der Waals surface area contributed by atoms with Crippen LogP contribution in [0.1, 0.15) is 12.8 Å². The Hall–Kier alpha value is -0.130. The van der Waals surface area contributed by atoms with Gasteiger partial charge in [0.1, 0.15) is 0 Å². The first kappa shape index (κ1) is 9.43. The molecule has 4 nitrogen and oxygen atoms in total. The first-order valence-electron chi connectivity index (χ1n) is 4.63. The van der Waals surface area contributed by atoms with Gasteiger partial charge in [-0.05, 0) is 18.8 Å². The molecule has 13 heavy (non-hydrogen) atoms. The second-order valence-electron chi connectivity index (χ2n) is 4.30. The summed E-state index contributed by atoms with van der Waals surface area (Å²) in [4.78, 5) is 0. The zero-order chi connectivity index (χ0) is 9.53. The quantitative estimate of drug-likeness (QED) is 0.616. The molecule has 0 radical (unpaired) electrons. The van der Waals surface area contributed by atoms with Crippen LogP contribution in [0.25, 0.3) is 0 Å². The second-order valence-corrected chi connectivity index (χ2v) is 6.53. The summed E-state index contributed by atoms with van der Waals surface area (Å²) < 4.78 is 22.3. The highest BCUT2D eigenvalue weighted by Gasteiger charge is 2.39. The zero-order valence-corrected chi connectivity index (χ0v) is 8.31. The van der Waals surface area contributed by atoms with Crippen LogP contribution in [-0.2, 0) is 9.84 Å². The van der Waals surface area contributed by atoms with Crippen molar-refractivity contribution in [1.29, 1.82) is 0 Å². The van der Waals surface area contributed by atoms with Crippen molar-refractivity contribution in [3.63, 3.8) is 0 Å². The third kappa shape index (κ3) is 2.03. The van der Waals surface area contributed by atoms with E-state index in [1.807, 2.05) is 0 Å². The van der Waals surface area contributed by atoms with Gasteiger partial charge >= 0.3 is 0 Å². The molecule has 5 heteroatoms. The van der Waals surface area contributed by atoms with Crippen LogP contribution < -0.4 is 5.32 Å². The highest BCUT2D eigenvalue weighted by atomic mass is 32.2. The number of aliphatic hydroxyl groups is 1. The maximum atomic E-state index is 11.1. The van der Waals surface area contributed by atoms with Crippen molar-refractivity contribution in [3.05, 3.63) is 0 Å². The van der Waals surface area contributed by atoms with E-state index in [-0.39, 0.29) is 11.7 Å². The second kappa shape index (κ2) is 2.93. The van der Waals surface area contributed by atoms with Gasteiger partial charge in [0.2, 0.25) is 0 Å². The SMILES string of the molecule is O=S1(=O)CCC(CC2(O)CNC2)C1. The first-order valence-corrected chi connectivity index (χ1v) is 6.45. The largest absolute Gasteiger partial charge is 0.387 e. The summed E-state index contributed by atoms with van der Waals surface area (Å²) in [5.74, 6) is 0.758. The van der Waals surface area contributed by atoms with Gasteiger partial charge in [-0.15, -0.1) is 0 Å². The van der Waals surface area contributed by atoms with Crippen molar-refractivity contribution in [2.45, 2.75) is 18.4 Å². The maximum Gasteiger partial charge on any atom is 0.150 e. The van der Waals surface area contributed by atoms with E-state index in [1.54, 1.807) is 0 Å². The van der Waals surface area contributed by atoms with Gasteiger partial charge < -0.3 is 10.4 Å². The molecular formula is C8H15NO3S. The van der Waals surface area contributed by atoms with Crippen LogP contribution in [0.2, 0.25) is 0 Å². The third-order valence-electron chi connectivity index (χ3n) is 2.90. The molecule has 2 aliphatic heterocycles. The van der Waals surface area contributed by atoms with Crippen molar-refractivity contribution in [2.24, 2.45) is 5.92 Å². The lowest BCUT2D eigenvalue weighted by Gasteiger charge is -2.39. The molecule has 1 atom stereocenters. The molecule has 76 valence electrons. The molecule has 2 saturated heterocycles. The minimum absolute atomic E-state index is 0.178. The normalized spacial score (nSPS) is 35.6. The Morgan fingerprint density at radius 3 is 2.54 bits per heavy atom. The van der Waals surface area contributed by atoms with Crippen molar-refractivity contribution < 1.29 is 13.5 Å². The minimum Gasteiger partial charge on any atom is -0.387 e. The third-order valence-corrected chi connectivity index (χ3v) is 4.74. The number of β-amino-alcohol motifs (C(OH)–C–C–N with tert-alkyl or cyclic N) is 1. The van der Waals surface area contributed by atoms with E-state index in [9.17, 15) is 13.5 Å². The summed E-state index contributed by atoms with van der Waals surface area (Å²) in [6, 6.07) is 0. The van der Waals surface area contributed by atoms with Gasteiger partial charge in [0, 0.05) is 13.1 Å². The molecule has 0 aromatic heterocycles. The first-order chi connectivity index (χ1) is 5.99. The van der Waals surface area contributed by atoms with Crippen LogP contribution in [0.4, 0.5) is 0 Å². The average molecular weight is 205 g/mol. The lowest BCUT2D eigenvalue weighted by atomic mass is 9.86. The number of sulfone groups is 1. The van der Waals surface area contributed by atoms with E-state index < -0.39 is 15.4 Å². The highest BCUT2D eigenvalue weighted by molar-refractivity contribution is 7.91. The fourth-order valence-electron chi connectivity index (χ4n) is 2.13. The summed E-state index contributed by atoms with van der Waals surface area (Å²) in [6.45, 7) is 1.23. The van der Waals surface area contributed by atoms with E-state index in [4.69, 9.17) is 0 Å². The highest BCUT2D eigenvalue weighted by Crippen LogP contribution is 2.28. The van der Waals surface area contributed by atoms with E-state index in [0.717, 1.165) is 6.42 Å². The molecule has 2 N–H and O–H groups in total. The lowest BCUT2D eigenvalue weighted by molar-refractivity contribution is -0.0278. The Morgan fingerprint density at radius 1 is 1.46 bits per heavy atom. The van der Waals surface area contributed by atoms with E-state index in [2.05, 4.69) is 5.32 Å². The fourth-order valence-corrected chi connectivity index (χ4v) is 3.99. The van der Waals surface area contributed by atoms with Crippen LogP contribution in [0, 0.1) is 5.92 Å². The molecule has 0 aromatic carbocycles. The van der Waals surface area contributed by atoms with Crippen LogP contribution in [0.3, 0.4) is 0 Å². The van der Waals surface area contributed by atoms with Gasteiger partial charge in [0.25, 0.3) is 0 Å². The number of hydrogen-bond acceptors (Lipinski definition) is 4. The number of hydrogen-bond donors (Lipinski definition) is 2. The molecule has 0 saturated carbocycles. The van der Waals surface area contributed by atoms with Crippen molar-refractivity contribution in [2.75, 3.05) is 24.6 Å². The van der Waals surface area contributed by atoms with E-state index in [1.165, 1.54) is 0 Å². The molecule has 2 heterocycles. The predicted molar refractivity (Wildman–Crippen MR) is 49.2 cm³/mol. The number of rotatable bonds is 2. The summed E-state index contributed by atoms with van der Waals surface area (Å²) in [5.41, 5.74) is -0.621. The molecular weight excluding hydrogens is 190 g/mol. The van der Waals surface area contributed by atoms with Crippen molar-refractivity contribution >= 4 is 9.84 Å². The Bertz CT molecular complexity index is 295. The van der Waals surface area contributed by atoms with Crippen LogP contribution in [0.5, 0.6) is 0 Å². The lowest BCUT2D eigenvalue weighted by Crippen LogP contribution is -2.60. The molecule has 0 aromatic rings. The Morgan fingerprint density at radius 2 is 2.15 bits per heavy atom. The molecule has 0 aliphatic carbocycles. The predicted octanol–water partition coefficient (Wildman–Crippen LogP) is -0.854. The van der Waals surface area contributed by atoms with Gasteiger partial charge in [-0.1, -0.05) is 0 Å². The maximum absolute atomic E-state index is 11.1. The molecule has 1 unspecified atom stereocenters. The van der Waals surface area contributed by atoms with Crippen molar-refractivity contribution in [3.8, 4) is 0 Å². The van der Waals surface area contributed by atoms with Gasteiger partial charge in [-0.2, -0.15) is 0 Å². The van der Waals surface area contributed by atoms with Gasteiger partial charge in [0.05, 0.1) is 17.1 Å². The Kier molecular flexibility index (Phi) is 2.13. The Balaban J connectivity index is 1.90. The van der Waals surface area contributed by atoms with E-state index >= 15 is 0 Å². The summed E-state index contributed by atoms with van der Waals surface area (Å²) in [7, 11) is -2.78. The van der Waals surface area contributed by atoms with Crippen LogP contribution >= 0.6 is 0 Å². The summed E-state index contributed by atoms with van der Waals surface area (Å²) in [5, 5.41) is 12.8. The Labute approximate surface area is 78.3 Å².